The summed E-state index contributed by atoms with van der Waals surface area (Å²) in [6.07, 6.45) is 6.76. The number of fused-ring (bicyclic) bond motifs is 1. The van der Waals surface area contributed by atoms with E-state index in [9.17, 15) is 0 Å². The monoisotopic (exact) mass is 169 g/mol. The lowest BCUT2D eigenvalue weighted by Crippen LogP contribution is -2.46. The predicted octanol–water partition coefficient (Wildman–Crippen LogP) is 1.24. The van der Waals surface area contributed by atoms with Gasteiger partial charge >= 0.3 is 0 Å². The Morgan fingerprint density at radius 2 is 2.08 bits per heavy atom. The molecule has 0 aromatic carbocycles. The zero-order valence-corrected chi connectivity index (χ0v) is 7.71. The van der Waals surface area contributed by atoms with Gasteiger partial charge in [0.05, 0.1) is 0 Å². The average Bonchev–Trinajstić information content (AvgIpc) is 2.17. The number of nitrogens with zero attached hydrogens (tertiary/aromatic N) is 1. The number of rotatable bonds is 1. The van der Waals surface area contributed by atoms with Crippen LogP contribution in [0.15, 0.2) is 0 Å². The molecule has 12 heavy (non-hydrogen) atoms. The third kappa shape index (κ3) is 1.64. The molecule has 0 aliphatic carbocycles. The van der Waals surface area contributed by atoms with E-state index in [-0.39, 0.29) is 0 Å². The lowest BCUT2D eigenvalue weighted by molar-refractivity contribution is 0.0519. The second-order valence-electron chi connectivity index (χ2n) is 4.27. The Morgan fingerprint density at radius 3 is 2.92 bits per heavy atom. The number of piperidine rings is 2. The van der Waals surface area contributed by atoms with Crippen molar-refractivity contribution in [3.05, 3.63) is 0 Å². The first-order chi connectivity index (χ1) is 5.90. The molecule has 0 aromatic rings. The smallest absolute Gasteiger partial charge is 0.0471 e. The van der Waals surface area contributed by atoms with Gasteiger partial charge in [-0.25, -0.2) is 0 Å². The Labute approximate surface area is 74.6 Å². The maximum Gasteiger partial charge on any atom is 0.0471 e. The van der Waals surface area contributed by atoms with Crippen molar-refractivity contribution in [1.82, 2.24) is 4.90 Å². The van der Waals surface area contributed by atoms with Crippen LogP contribution in [0.3, 0.4) is 0 Å². The molecule has 2 heteroatoms. The Kier molecular flexibility index (Phi) is 2.66. The Balaban J connectivity index is 1.90. The fraction of sp³-hybridized carbons (Fsp3) is 1.00. The molecule has 0 spiro atoms. The molecule has 2 aliphatic heterocycles. The normalized spacial score (nSPS) is 37.8. The van der Waals surface area contributed by atoms with Crippen LogP contribution in [-0.2, 0) is 0 Å². The Bertz CT molecular complexity index is 149. The molecule has 0 bridgehead atoms. The van der Waals surface area contributed by atoms with E-state index in [1.54, 1.807) is 0 Å². The minimum atomic E-state index is 0.392. The highest BCUT2D eigenvalue weighted by Gasteiger charge is 2.29. The molecule has 2 saturated heterocycles. The summed E-state index contributed by atoms with van der Waals surface area (Å²) in [6, 6.07) is 0.863. The van der Waals surface area contributed by atoms with Gasteiger partial charge in [0.25, 0.3) is 0 Å². The second kappa shape index (κ2) is 3.75. The molecule has 2 aliphatic rings. The molecule has 0 amide bonds. The topological polar surface area (TPSA) is 23.5 Å². The molecule has 0 radical (unpaired) electrons. The quantitative estimate of drug-likeness (QED) is 0.638. The van der Waals surface area contributed by atoms with Gasteiger partial charge in [-0.2, -0.15) is 0 Å². The molecule has 0 aromatic heterocycles. The first kappa shape index (κ1) is 8.52. The van der Waals surface area contributed by atoms with Crippen LogP contribution in [0.4, 0.5) is 0 Å². The summed E-state index contributed by atoms with van der Waals surface area (Å²) in [7, 11) is 0. The first-order valence-electron chi connectivity index (χ1n) is 5.25. The minimum Gasteiger partial charge on any atom is -0.396 e. The van der Waals surface area contributed by atoms with Crippen molar-refractivity contribution in [3.63, 3.8) is 0 Å². The highest BCUT2D eigenvalue weighted by atomic mass is 16.3. The molecular weight excluding hydrogens is 150 g/mol. The summed E-state index contributed by atoms with van der Waals surface area (Å²) in [5.74, 6) is 0.569. The molecular formula is C10H19NO. The molecule has 2 fully saturated rings. The van der Waals surface area contributed by atoms with Crippen molar-refractivity contribution in [3.8, 4) is 0 Å². The molecule has 2 atom stereocenters. The Morgan fingerprint density at radius 1 is 1.17 bits per heavy atom. The van der Waals surface area contributed by atoms with Gasteiger partial charge in [-0.3, -0.25) is 0 Å². The van der Waals surface area contributed by atoms with Crippen LogP contribution < -0.4 is 0 Å². The molecule has 2 nitrogen and oxygen atoms in total. The van der Waals surface area contributed by atoms with Crippen LogP contribution in [-0.4, -0.2) is 35.7 Å². The average molecular weight is 169 g/mol. The van der Waals surface area contributed by atoms with Gasteiger partial charge < -0.3 is 10.0 Å². The van der Waals surface area contributed by atoms with Crippen molar-refractivity contribution in [2.45, 2.75) is 38.1 Å². The van der Waals surface area contributed by atoms with E-state index in [0.717, 1.165) is 12.6 Å². The lowest BCUT2D eigenvalue weighted by atomic mass is 9.88. The SMILES string of the molecule is OCC1CC[C@@H]2CCCCN2C1. The van der Waals surface area contributed by atoms with E-state index in [2.05, 4.69) is 4.90 Å². The van der Waals surface area contributed by atoms with Crippen LogP contribution in [0.25, 0.3) is 0 Å². The standard InChI is InChI=1S/C10H19NO/c12-8-9-4-5-10-3-1-2-6-11(10)7-9/h9-10,12H,1-8H2/t9?,10-/m0/s1. The number of hydrogen-bond acceptors (Lipinski definition) is 2. The lowest BCUT2D eigenvalue weighted by Gasteiger charge is -2.42. The highest BCUT2D eigenvalue weighted by Crippen LogP contribution is 2.28. The zero-order valence-electron chi connectivity index (χ0n) is 7.71. The van der Waals surface area contributed by atoms with E-state index in [0.29, 0.717) is 12.5 Å². The second-order valence-corrected chi connectivity index (χ2v) is 4.27. The van der Waals surface area contributed by atoms with Gasteiger partial charge in [0.2, 0.25) is 0 Å². The molecule has 2 heterocycles. The van der Waals surface area contributed by atoms with Gasteiger partial charge in [0.15, 0.2) is 0 Å². The zero-order chi connectivity index (χ0) is 8.39. The predicted molar refractivity (Wildman–Crippen MR) is 49.0 cm³/mol. The number of aliphatic hydroxyl groups is 1. The summed E-state index contributed by atoms with van der Waals surface area (Å²) in [6.45, 7) is 2.82. The molecule has 2 rings (SSSR count). The van der Waals surface area contributed by atoms with E-state index in [4.69, 9.17) is 5.11 Å². The van der Waals surface area contributed by atoms with E-state index in [1.165, 1.54) is 38.6 Å². The van der Waals surface area contributed by atoms with Crippen molar-refractivity contribution in [2.75, 3.05) is 19.7 Å². The molecule has 0 saturated carbocycles. The Hall–Kier alpha value is -0.0800. The van der Waals surface area contributed by atoms with Crippen molar-refractivity contribution >= 4 is 0 Å². The maximum absolute atomic E-state index is 9.05. The summed E-state index contributed by atoms with van der Waals surface area (Å²) in [4.78, 5) is 2.59. The van der Waals surface area contributed by atoms with Crippen molar-refractivity contribution in [1.29, 1.82) is 0 Å². The van der Waals surface area contributed by atoms with Crippen LogP contribution in [0, 0.1) is 5.92 Å². The molecule has 1 unspecified atom stereocenters. The molecule has 70 valence electrons. The van der Waals surface area contributed by atoms with Gasteiger partial charge in [-0.1, -0.05) is 6.42 Å². The fourth-order valence-corrected chi connectivity index (χ4v) is 2.63. The minimum absolute atomic E-state index is 0.392. The van der Waals surface area contributed by atoms with Gasteiger partial charge in [0, 0.05) is 19.2 Å². The van der Waals surface area contributed by atoms with Crippen molar-refractivity contribution < 1.29 is 5.11 Å². The van der Waals surface area contributed by atoms with Gasteiger partial charge in [-0.15, -0.1) is 0 Å². The van der Waals surface area contributed by atoms with Crippen LogP contribution in [0.1, 0.15) is 32.1 Å². The third-order valence-corrected chi connectivity index (χ3v) is 3.41. The van der Waals surface area contributed by atoms with Crippen LogP contribution >= 0.6 is 0 Å². The van der Waals surface area contributed by atoms with Crippen molar-refractivity contribution in [2.24, 2.45) is 5.92 Å². The fourth-order valence-electron chi connectivity index (χ4n) is 2.63. The van der Waals surface area contributed by atoms with Gasteiger partial charge in [0.1, 0.15) is 0 Å². The van der Waals surface area contributed by atoms with Gasteiger partial charge in [-0.05, 0) is 38.1 Å². The van der Waals surface area contributed by atoms with Crippen LogP contribution in [0.5, 0.6) is 0 Å². The summed E-state index contributed by atoms with van der Waals surface area (Å²) in [5, 5.41) is 9.05. The molecule has 1 N–H and O–H groups in total. The first-order valence-corrected chi connectivity index (χ1v) is 5.25. The number of hydrogen-bond donors (Lipinski definition) is 1. The van der Waals surface area contributed by atoms with E-state index >= 15 is 0 Å². The summed E-state index contributed by atoms with van der Waals surface area (Å²) in [5.41, 5.74) is 0. The number of aliphatic hydroxyl groups excluding tert-OH is 1. The highest BCUT2D eigenvalue weighted by molar-refractivity contribution is 4.83. The van der Waals surface area contributed by atoms with Crippen LogP contribution in [0.2, 0.25) is 0 Å². The summed E-state index contributed by atoms with van der Waals surface area (Å²) < 4.78 is 0. The maximum atomic E-state index is 9.05. The summed E-state index contributed by atoms with van der Waals surface area (Å²) >= 11 is 0. The largest absolute Gasteiger partial charge is 0.396 e. The van der Waals surface area contributed by atoms with E-state index in [1.807, 2.05) is 0 Å². The third-order valence-electron chi connectivity index (χ3n) is 3.41. The van der Waals surface area contributed by atoms with E-state index < -0.39 is 0 Å².